The van der Waals surface area contributed by atoms with Gasteiger partial charge in [0.15, 0.2) is 5.96 Å². The Morgan fingerprint density at radius 1 is 1.22 bits per heavy atom. The van der Waals surface area contributed by atoms with E-state index in [0.717, 1.165) is 18.0 Å². The molecule has 2 N–H and O–H groups in total. The standard InChI is InChI=1S/C18H24N4.HI/c1-2-19-18(22-15-7-3-4-8-15)21-13-14-11-12-20-17-10-6-5-9-16(14)17;/h5-6,9-12,15H,2-4,7-8,13H2,1H3,(H2,19,21,22);1H. The predicted octanol–water partition coefficient (Wildman–Crippen LogP) is 3.85. The summed E-state index contributed by atoms with van der Waals surface area (Å²) in [4.78, 5) is 9.17. The number of guanidine groups is 1. The number of nitrogens with zero attached hydrogens (tertiary/aromatic N) is 2. The van der Waals surface area contributed by atoms with E-state index in [1.54, 1.807) is 0 Å². The zero-order valence-corrected chi connectivity index (χ0v) is 15.9. The molecule has 0 saturated heterocycles. The second kappa shape index (κ2) is 9.05. The van der Waals surface area contributed by atoms with E-state index in [2.05, 4.69) is 40.7 Å². The smallest absolute Gasteiger partial charge is 0.191 e. The number of hydrogen-bond donors (Lipinski definition) is 2. The summed E-state index contributed by atoms with van der Waals surface area (Å²) < 4.78 is 0. The maximum atomic E-state index is 4.76. The topological polar surface area (TPSA) is 49.3 Å². The van der Waals surface area contributed by atoms with E-state index in [1.165, 1.54) is 36.6 Å². The molecule has 1 heterocycles. The Balaban J connectivity index is 0.00000192. The molecular formula is C18H25IN4. The Morgan fingerprint density at radius 2 is 2.00 bits per heavy atom. The van der Waals surface area contributed by atoms with E-state index in [1.807, 2.05) is 18.3 Å². The average Bonchev–Trinajstić information content (AvgIpc) is 3.06. The number of hydrogen-bond acceptors (Lipinski definition) is 2. The lowest BCUT2D eigenvalue weighted by molar-refractivity contribution is 0.614. The predicted molar refractivity (Wildman–Crippen MR) is 107 cm³/mol. The molecule has 1 aliphatic carbocycles. The van der Waals surface area contributed by atoms with Crippen LogP contribution in [0.15, 0.2) is 41.5 Å². The fraction of sp³-hybridized carbons (Fsp3) is 0.444. The van der Waals surface area contributed by atoms with Crippen LogP contribution in [0.4, 0.5) is 0 Å². The number of aliphatic imine (C=N–C) groups is 1. The highest BCUT2D eigenvalue weighted by atomic mass is 127. The summed E-state index contributed by atoms with van der Waals surface area (Å²) in [6.07, 6.45) is 7.02. The van der Waals surface area contributed by atoms with Gasteiger partial charge in [0.1, 0.15) is 0 Å². The van der Waals surface area contributed by atoms with Crippen LogP contribution in [0.5, 0.6) is 0 Å². The molecule has 0 atom stereocenters. The number of fused-ring (bicyclic) bond motifs is 1. The van der Waals surface area contributed by atoms with Crippen LogP contribution in [0.2, 0.25) is 0 Å². The van der Waals surface area contributed by atoms with Gasteiger partial charge in [-0.25, -0.2) is 4.99 Å². The molecule has 1 aliphatic rings. The van der Waals surface area contributed by atoms with Crippen molar-refractivity contribution in [2.24, 2.45) is 4.99 Å². The molecule has 0 bridgehead atoms. The summed E-state index contributed by atoms with van der Waals surface area (Å²) in [6, 6.07) is 10.9. The lowest BCUT2D eigenvalue weighted by Gasteiger charge is -2.16. The number of benzene rings is 1. The summed E-state index contributed by atoms with van der Waals surface area (Å²) in [6.45, 7) is 3.66. The quantitative estimate of drug-likeness (QED) is 0.446. The fourth-order valence-electron chi connectivity index (χ4n) is 3.04. The van der Waals surface area contributed by atoms with Crippen LogP contribution in [0.1, 0.15) is 38.2 Å². The average molecular weight is 424 g/mol. The molecule has 3 rings (SSSR count). The molecule has 0 unspecified atom stereocenters. The molecule has 23 heavy (non-hydrogen) atoms. The molecule has 0 spiro atoms. The van der Waals surface area contributed by atoms with E-state index in [0.29, 0.717) is 12.6 Å². The number of halogens is 1. The van der Waals surface area contributed by atoms with Gasteiger partial charge in [-0.2, -0.15) is 0 Å². The normalized spacial score (nSPS) is 15.4. The third kappa shape index (κ3) is 4.80. The van der Waals surface area contributed by atoms with Crippen LogP contribution in [0, 0.1) is 0 Å². The summed E-state index contributed by atoms with van der Waals surface area (Å²) in [5.41, 5.74) is 2.25. The number of nitrogens with one attached hydrogen (secondary N) is 2. The molecule has 1 aromatic heterocycles. The minimum Gasteiger partial charge on any atom is -0.357 e. The highest BCUT2D eigenvalue weighted by Crippen LogP contribution is 2.18. The van der Waals surface area contributed by atoms with Gasteiger partial charge >= 0.3 is 0 Å². The zero-order chi connectivity index (χ0) is 15.2. The van der Waals surface area contributed by atoms with Gasteiger partial charge in [0.2, 0.25) is 0 Å². The van der Waals surface area contributed by atoms with E-state index >= 15 is 0 Å². The highest BCUT2D eigenvalue weighted by molar-refractivity contribution is 14.0. The molecule has 0 radical (unpaired) electrons. The number of rotatable bonds is 4. The maximum absolute atomic E-state index is 4.76. The number of aromatic nitrogens is 1. The molecule has 124 valence electrons. The zero-order valence-electron chi connectivity index (χ0n) is 13.6. The molecule has 2 aromatic rings. The third-order valence-corrected chi connectivity index (χ3v) is 4.19. The number of pyridine rings is 1. The van der Waals surface area contributed by atoms with Gasteiger partial charge in [-0.1, -0.05) is 31.0 Å². The molecule has 1 saturated carbocycles. The van der Waals surface area contributed by atoms with Crippen molar-refractivity contribution in [2.75, 3.05) is 6.54 Å². The molecule has 0 aliphatic heterocycles. The van der Waals surface area contributed by atoms with Crippen LogP contribution in [-0.2, 0) is 6.54 Å². The fourth-order valence-corrected chi connectivity index (χ4v) is 3.04. The van der Waals surface area contributed by atoms with Gasteiger partial charge in [-0.05, 0) is 37.5 Å². The van der Waals surface area contributed by atoms with Gasteiger partial charge in [-0.3, -0.25) is 4.98 Å². The molecule has 1 aromatic carbocycles. The molecular weight excluding hydrogens is 399 g/mol. The van der Waals surface area contributed by atoms with Crippen molar-refractivity contribution in [3.63, 3.8) is 0 Å². The second-order valence-corrected chi connectivity index (χ2v) is 5.81. The summed E-state index contributed by atoms with van der Waals surface area (Å²) in [5, 5.41) is 8.10. The monoisotopic (exact) mass is 424 g/mol. The van der Waals surface area contributed by atoms with E-state index < -0.39 is 0 Å². The molecule has 1 fully saturated rings. The summed E-state index contributed by atoms with van der Waals surface area (Å²) in [7, 11) is 0. The summed E-state index contributed by atoms with van der Waals surface area (Å²) in [5.74, 6) is 0.926. The first-order chi connectivity index (χ1) is 10.9. The number of para-hydroxylation sites is 1. The van der Waals surface area contributed by atoms with Crippen LogP contribution < -0.4 is 10.6 Å². The maximum Gasteiger partial charge on any atom is 0.191 e. The van der Waals surface area contributed by atoms with Crippen molar-refractivity contribution in [1.82, 2.24) is 15.6 Å². The lowest BCUT2D eigenvalue weighted by atomic mass is 10.1. The third-order valence-electron chi connectivity index (χ3n) is 4.19. The van der Waals surface area contributed by atoms with Gasteiger partial charge in [0, 0.05) is 24.2 Å². The van der Waals surface area contributed by atoms with Gasteiger partial charge in [-0.15, -0.1) is 24.0 Å². The van der Waals surface area contributed by atoms with Crippen LogP contribution >= 0.6 is 24.0 Å². The second-order valence-electron chi connectivity index (χ2n) is 5.81. The van der Waals surface area contributed by atoms with Crippen LogP contribution in [0.25, 0.3) is 10.9 Å². The minimum atomic E-state index is 0. The van der Waals surface area contributed by atoms with Gasteiger partial charge < -0.3 is 10.6 Å². The molecule has 5 heteroatoms. The Kier molecular flexibility index (Phi) is 7.08. The Bertz CT molecular complexity index is 645. The van der Waals surface area contributed by atoms with Crippen molar-refractivity contribution < 1.29 is 0 Å². The van der Waals surface area contributed by atoms with Crippen molar-refractivity contribution in [2.45, 2.75) is 45.2 Å². The van der Waals surface area contributed by atoms with Gasteiger partial charge in [0.05, 0.1) is 12.1 Å². The highest BCUT2D eigenvalue weighted by Gasteiger charge is 2.15. The van der Waals surface area contributed by atoms with Crippen molar-refractivity contribution in [3.8, 4) is 0 Å². The first-order valence-corrected chi connectivity index (χ1v) is 8.24. The van der Waals surface area contributed by atoms with E-state index in [9.17, 15) is 0 Å². The van der Waals surface area contributed by atoms with Crippen LogP contribution in [0.3, 0.4) is 0 Å². The largest absolute Gasteiger partial charge is 0.357 e. The first kappa shape index (κ1) is 18.0. The van der Waals surface area contributed by atoms with Crippen LogP contribution in [-0.4, -0.2) is 23.5 Å². The summed E-state index contributed by atoms with van der Waals surface area (Å²) >= 11 is 0. The lowest BCUT2D eigenvalue weighted by Crippen LogP contribution is -2.42. The van der Waals surface area contributed by atoms with Crippen molar-refractivity contribution in [3.05, 3.63) is 42.1 Å². The minimum absolute atomic E-state index is 0. The Morgan fingerprint density at radius 3 is 2.78 bits per heavy atom. The van der Waals surface area contributed by atoms with Crippen molar-refractivity contribution in [1.29, 1.82) is 0 Å². The Hall–Kier alpha value is -1.37. The molecule has 0 amide bonds. The van der Waals surface area contributed by atoms with Crippen molar-refractivity contribution >= 4 is 40.8 Å². The Labute approximate surface area is 155 Å². The molecule has 4 nitrogen and oxygen atoms in total. The van der Waals surface area contributed by atoms with E-state index in [-0.39, 0.29) is 24.0 Å². The SMILES string of the molecule is CCNC(=NCc1ccnc2ccccc12)NC1CCCC1.I. The van der Waals surface area contributed by atoms with Gasteiger partial charge in [0.25, 0.3) is 0 Å². The van der Waals surface area contributed by atoms with E-state index in [4.69, 9.17) is 4.99 Å². The first-order valence-electron chi connectivity index (χ1n) is 8.24.